The molecule has 0 atom stereocenters. The first kappa shape index (κ1) is 13.1. The van der Waals surface area contributed by atoms with E-state index in [-0.39, 0.29) is 6.10 Å². The summed E-state index contributed by atoms with van der Waals surface area (Å²) in [5, 5.41) is 9.51. The maximum atomic E-state index is 9.51. The Hall–Kier alpha value is -1.32. The van der Waals surface area contributed by atoms with Crippen LogP contribution in [0.5, 0.6) is 5.75 Å². The first-order chi connectivity index (χ1) is 8.79. The number of hydrogen-bond acceptors (Lipinski definition) is 2. The van der Waals surface area contributed by atoms with Crippen molar-refractivity contribution in [2.45, 2.75) is 25.5 Å². The molecule has 0 saturated carbocycles. The molecule has 2 rings (SSSR count). The largest absolute Gasteiger partial charge is 0.489 e. The van der Waals surface area contributed by atoms with E-state index in [9.17, 15) is 5.11 Å². The van der Waals surface area contributed by atoms with Crippen LogP contribution in [0.3, 0.4) is 0 Å². The van der Waals surface area contributed by atoms with Gasteiger partial charge < -0.3 is 14.7 Å². The van der Waals surface area contributed by atoms with Crippen LogP contribution in [0.15, 0.2) is 36.9 Å². The molecule has 1 saturated heterocycles. The average molecular weight is 248 g/mol. The summed E-state index contributed by atoms with van der Waals surface area (Å²) in [6.07, 6.45) is 3.48. The maximum absolute atomic E-state index is 9.51. The van der Waals surface area contributed by atoms with E-state index in [0.29, 0.717) is 6.61 Å². The zero-order chi connectivity index (χ0) is 12.8. The molecule has 1 aliphatic rings. The quantitative estimate of drug-likeness (QED) is 0.756. The van der Waals surface area contributed by atoms with Gasteiger partial charge in [-0.25, -0.2) is 0 Å². The number of rotatable bonds is 5. The molecule has 0 spiro atoms. The fourth-order valence-electron chi connectivity index (χ4n) is 2.40. The summed E-state index contributed by atoms with van der Waals surface area (Å²) in [6.45, 7) is 7.27. The van der Waals surface area contributed by atoms with Gasteiger partial charge in [0.1, 0.15) is 18.9 Å². The van der Waals surface area contributed by atoms with Crippen LogP contribution in [0.2, 0.25) is 0 Å². The lowest BCUT2D eigenvalue weighted by molar-refractivity contribution is -0.919. The molecular formula is C15H22NO2+. The van der Waals surface area contributed by atoms with Gasteiger partial charge in [0.25, 0.3) is 0 Å². The van der Waals surface area contributed by atoms with Gasteiger partial charge in [-0.05, 0) is 12.1 Å². The van der Waals surface area contributed by atoms with Gasteiger partial charge in [-0.1, -0.05) is 24.8 Å². The summed E-state index contributed by atoms with van der Waals surface area (Å²) < 4.78 is 5.67. The van der Waals surface area contributed by atoms with Crippen LogP contribution >= 0.6 is 0 Å². The minimum Gasteiger partial charge on any atom is -0.489 e. The summed E-state index contributed by atoms with van der Waals surface area (Å²) in [4.78, 5) is 1.52. The summed E-state index contributed by atoms with van der Waals surface area (Å²) in [5.41, 5.74) is 1.24. The highest BCUT2D eigenvalue weighted by atomic mass is 16.5. The Kier molecular flexibility index (Phi) is 4.79. The van der Waals surface area contributed by atoms with E-state index < -0.39 is 0 Å². The number of nitrogens with one attached hydrogen (secondary N) is 1. The number of hydrogen-bond donors (Lipinski definition) is 2. The Bertz CT molecular complexity index is 384. The highest BCUT2D eigenvalue weighted by molar-refractivity contribution is 5.32. The zero-order valence-corrected chi connectivity index (χ0v) is 10.8. The van der Waals surface area contributed by atoms with Crippen LogP contribution in [0.4, 0.5) is 0 Å². The molecule has 3 nitrogen and oxygen atoms in total. The van der Waals surface area contributed by atoms with Crippen molar-refractivity contribution in [1.82, 2.24) is 0 Å². The third kappa shape index (κ3) is 3.59. The van der Waals surface area contributed by atoms with Crippen molar-refractivity contribution in [1.29, 1.82) is 0 Å². The molecule has 3 heteroatoms. The van der Waals surface area contributed by atoms with E-state index in [0.717, 1.165) is 38.2 Å². The van der Waals surface area contributed by atoms with Crippen LogP contribution in [-0.2, 0) is 6.54 Å². The molecule has 0 aromatic heterocycles. The van der Waals surface area contributed by atoms with Gasteiger partial charge in [-0.15, -0.1) is 0 Å². The molecule has 1 fully saturated rings. The van der Waals surface area contributed by atoms with Gasteiger partial charge in [0.15, 0.2) is 0 Å². The van der Waals surface area contributed by atoms with E-state index in [4.69, 9.17) is 4.74 Å². The van der Waals surface area contributed by atoms with Crippen molar-refractivity contribution in [3.8, 4) is 5.75 Å². The predicted octanol–water partition coefficient (Wildman–Crippen LogP) is 0.791. The Labute approximate surface area is 109 Å². The number of aliphatic hydroxyl groups excluding tert-OH is 1. The fourth-order valence-corrected chi connectivity index (χ4v) is 2.40. The Morgan fingerprint density at radius 2 is 2.06 bits per heavy atom. The molecular weight excluding hydrogens is 226 g/mol. The molecule has 1 aromatic carbocycles. The standard InChI is InChI=1S/C15H21NO2/c1-2-11-18-15-6-4-3-5-13(15)12-16-9-7-14(17)8-10-16/h2-6,14,17H,1,7-12H2/p+1. The number of likely N-dealkylation sites (tertiary alicyclic amines) is 1. The highest BCUT2D eigenvalue weighted by Crippen LogP contribution is 2.17. The molecule has 18 heavy (non-hydrogen) atoms. The molecule has 0 bridgehead atoms. The Morgan fingerprint density at radius 3 is 2.78 bits per heavy atom. The number of para-hydroxylation sites is 1. The second-order valence-electron chi connectivity index (χ2n) is 4.87. The van der Waals surface area contributed by atoms with E-state index in [1.165, 1.54) is 10.5 Å². The Balaban J connectivity index is 1.97. The number of ether oxygens (including phenoxy) is 1. The molecule has 0 unspecified atom stereocenters. The molecule has 1 aliphatic heterocycles. The number of piperidine rings is 1. The van der Waals surface area contributed by atoms with Crippen molar-refractivity contribution in [3.05, 3.63) is 42.5 Å². The topological polar surface area (TPSA) is 33.9 Å². The summed E-state index contributed by atoms with van der Waals surface area (Å²) in [6, 6.07) is 8.18. The summed E-state index contributed by atoms with van der Waals surface area (Å²) in [7, 11) is 0. The number of quaternary nitrogens is 1. The van der Waals surface area contributed by atoms with Crippen LogP contribution in [0, 0.1) is 0 Å². The average Bonchev–Trinajstić information content (AvgIpc) is 2.40. The SMILES string of the molecule is C=CCOc1ccccc1C[NH+]1CCC(O)CC1. The first-order valence-corrected chi connectivity index (χ1v) is 6.63. The maximum Gasteiger partial charge on any atom is 0.128 e. The van der Waals surface area contributed by atoms with E-state index in [2.05, 4.69) is 12.6 Å². The highest BCUT2D eigenvalue weighted by Gasteiger charge is 2.21. The Morgan fingerprint density at radius 1 is 1.33 bits per heavy atom. The van der Waals surface area contributed by atoms with Gasteiger partial charge >= 0.3 is 0 Å². The third-order valence-corrected chi connectivity index (χ3v) is 3.43. The molecule has 1 aromatic rings. The molecule has 2 N–H and O–H groups in total. The molecule has 0 radical (unpaired) electrons. The monoisotopic (exact) mass is 248 g/mol. The lowest BCUT2D eigenvalue weighted by Crippen LogP contribution is -3.12. The smallest absolute Gasteiger partial charge is 0.128 e. The van der Waals surface area contributed by atoms with Crippen molar-refractivity contribution < 1.29 is 14.7 Å². The van der Waals surface area contributed by atoms with Gasteiger partial charge in [-0.3, -0.25) is 0 Å². The molecule has 0 aliphatic carbocycles. The van der Waals surface area contributed by atoms with Crippen molar-refractivity contribution in [2.75, 3.05) is 19.7 Å². The number of benzene rings is 1. The van der Waals surface area contributed by atoms with Crippen molar-refractivity contribution in [3.63, 3.8) is 0 Å². The second kappa shape index (κ2) is 6.57. The lowest BCUT2D eigenvalue weighted by atomic mass is 10.1. The minimum atomic E-state index is -0.0963. The minimum absolute atomic E-state index is 0.0963. The van der Waals surface area contributed by atoms with Gasteiger partial charge in [0, 0.05) is 18.4 Å². The van der Waals surface area contributed by atoms with Gasteiger partial charge in [-0.2, -0.15) is 0 Å². The zero-order valence-electron chi connectivity index (χ0n) is 10.8. The normalized spacial score (nSPS) is 23.6. The van der Waals surface area contributed by atoms with Crippen molar-refractivity contribution >= 4 is 0 Å². The van der Waals surface area contributed by atoms with E-state index in [1.54, 1.807) is 6.08 Å². The summed E-state index contributed by atoms with van der Waals surface area (Å²) in [5.74, 6) is 0.955. The third-order valence-electron chi connectivity index (χ3n) is 3.43. The van der Waals surface area contributed by atoms with Crippen LogP contribution in [-0.4, -0.2) is 30.9 Å². The molecule has 98 valence electrons. The first-order valence-electron chi connectivity index (χ1n) is 6.63. The predicted molar refractivity (Wildman–Crippen MR) is 71.8 cm³/mol. The fraction of sp³-hybridized carbons (Fsp3) is 0.467. The van der Waals surface area contributed by atoms with E-state index in [1.807, 2.05) is 18.2 Å². The summed E-state index contributed by atoms with van der Waals surface area (Å²) >= 11 is 0. The number of aliphatic hydroxyl groups is 1. The van der Waals surface area contributed by atoms with Gasteiger partial charge in [0.05, 0.1) is 19.2 Å². The molecule has 0 amide bonds. The second-order valence-corrected chi connectivity index (χ2v) is 4.87. The molecule has 1 heterocycles. The van der Waals surface area contributed by atoms with Gasteiger partial charge in [0.2, 0.25) is 0 Å². The van der Waals surface area contributed by atoms with Crippen LogP contribution in [0.1, 0.15) is 18.4 Å². The van der Waals surface area contributed by atoms with Crippen molar-refractivity contribution in [2.24, 2.45) is 0 Å². The van der Waals surface area contributed by atoms with Crippen LogP contribution < -0.4 is 9.64 Å². The van der Waals surface area contributed by atoms with E-state index >= 15 is 0 Å². The lowest BCUT2D eigenvalue weighted by Gasteiger charge is -2.27. The van der Waals surface area contributed by atoms with Crippen LogP contribution in [0.25, 0.3) is 0 Å².